The van der Waals surface area contributed by atoms with Gasteiger partial charge in [0.25, 0.3) is 0 Å². The molecule has 130 valence electrons. The molecular formula is C21H35NO. The zero-order valence-electron chi connectivity index (χ0n) is 15.5. The van der Waals surface area contributed by atoms with Crippen molar-refractivity contribution < 1.29 is 4.74 Å². The Kier molecular flexibility index (Phi) is 7.58. The Morgan fingerprint density at radius 1 is 1.04 bits per heavy atom. The van der Waals surface area contributed by atoms with Gasteiger partial charge in [0.05, 0.1) is 13.2 Å². The molecule has 0 amide bonds. The molecule has 2 rings (SSSR count). The van der Waals surface area contributed by atoms with Crippen LogP contribution >= 0.6 is 0 Å². The zero-order chi connectivity index (χ0) is 16.7. The minimum absolute atomic E-state index is 0.571. The van der Waals surface area contributed by atoms with Crippen LogP contribution in [0.15, 0.2) is 30.3 Å². The normalized spacial score (nSPS) is 28.9. The molecular weight excluding hydrogens is 282 g/mol. The van der Waals surface area contributed by atoms with Gasteiger partial charge in [0.2, 0.25) is 0 Å². The van der Waals surface area contributed by atoms with Crippen LogP contribution in [0.1, 0.15) is 52.5 Å². The number of piperidine rings is 1. The largest absolute Gasteiger partial charge is 0.375 e. The number of hydrogen-bond acceptors (Lipinski definition) is 2. The summed E-state index contributed by atoms with van der Waals surface area (Å²) in [6, 6.07) is 11.1. The standard InChI is InChI=1S/C21H35NO/c1-5-6-10-13-22-14-17(2)18(3)19(4)21(22)16-23-15-20-11-8-7-9-12-20/h7-9,11-12,17-19,21H,5-6,10,13-16H2,1-4H3. The molecule has 1 aliphatic rings. The minimum atomic E-state index is 0.571. The first-order valence-electron chi connectivity index (χ1n) is 9.49. The average Bonchev–Trinajstić information content (AvgIpc) is 2.56. The van der Waals surface area contributed by atoms with Crippen molar-refractivity contribution in [2.24, 2.45) is 17.8 Å². The van der Waals surface area contributed by atoms with Gasteiger partial charge in [-0.3, -0.25) is 4.90 Å². The summed E-state index contributed by atoms with van der Waals surface area (Å²) in [7, 11) is 0. The van der Waals surface area contributed by atoms with Gasteiger partial charge in [-0.25, -0.2) is 0 Å². The number of rotatable bonds is 8. The Hall–Kier alpha value is -0.860. The highest BCUT2D eigenvalue weighted by atomic mass is 16.5. The summed E-state index contributed by atoms with van der Waals surface area (Å²) >= 11 is 0. The highest BCUT2D eigenvalue weighted by Crippen LogP contribution is 2.33. The van der Waals surface area contributed by atoms with Crippen LogP contribution in [0.4, 0.5) is 0 Å². The zero-order valence-corrected chi connectivity index (χ0v) is 15.5. The molecule has 0 N–H and O–H groups in total. The second-order valence-electron chi connectivity index (χ2n) is 7.47. The van der Waals surface area contributed by atoms with Gasteiger partial charge < -0.3 is 4.74 Å². The van der Waals surface area contributed by atoms with E-state index in [-0.39, 0.29) is 0 Å². The van der Waals surface area contributed by atoms with Crippen molar-refractivity contribution in [1.82, 2.24) is 4.90 Å². The van der Waals surface area contributed by atoms with Crippen molar-refractivity contribution >= 4 is 0 Å². The first-order chi connectivity index (χ1) is 11.1. The van der Waals surface area contributed by atoms with Crippen molar-refractivity contribution in [1.29, 1.82) is 0 Å². The fourth-order valence-electron chi connectivity index (χ4n) is 3.82. The maximum Gasteiger partial charge on any atom is 0.0717 e. The van der Waals surface area contributed by atoms with Crippen LogP contribution in [-0.4, -0.2) is 30.6 Å². The molecule has 0 radical (unpaired) electrons. The molecule has 1 aliphatic heterocycles. The molecule has 0 spiro atoms. The summed E-state index contributed by atoms with van der Waals surface area (Å²) in [6.07, 6.45) is 3.95. The number of nitrogens with zero attached hydrogens (tertiary/aromatic N) is 1. The summed E-state index contributed by atoms with van der Waals surface area (Å²) in [5.41, 5.74) is 1.27. The quantitative estimate of drug-likeness (QED) is 0.627. The maximum absolute atomic E-state index is 6.11. The van der Waals surface area contributed by atoms with E-state index in [2.05, 4.69) is 62.9 Å². The molecule has 1 fully saturated rings. The Morgan fingerprint density at radius 3 is 2.48 bits per heavy atom. The third-order valence-electron chi connectivity index (χ3n) is 5.77. The van der Waals surface area contributed by atoms with Crippen LogP contribution in [0.2, 0.25) is 0 Å². The Bertz CT molecular complexity index is 433. The van der Waals surface area contributed by atoms with E-state index in [0.717, 1.165) is 25.0 Å². The molecule has 23 heavy (non-hydrogen) atoms. The molecule has 4 unspecified atom stereocenters. The lowest BCUT2D eigenvalue weighted by Crippen LogP contribution is -2.53. The van der Waals surface area contributed by atoms with Crippen molar-refractivity contribution in [3.05, 3.63) is 35.9 Å². The Morgan fingerprint density at radius 2 is 1.78 bits per heavy atom. The molecule has 0 bridgehead atoms. The number of ether oxygens (including phenoxy) is 1. The van der Waals surface area contributed by atoms with Crippen molar-refractivity contribution in [3.63, 3.8) is 0 Å². The number of likely N-dealkylation sites (tertiary alicyclic amines) is 1. The maximum atomic E-state index is 6.11. The second kappa shape index (κ2) is 9.44. The van der Waals surface area contributed by atoms with Gasteiger partial charge >= 0.3 is 0 Å². The number of unbranched alkanes of at least 4 members (excludes halogenated alkanes) is 2. The van der Waals surface area contributed by atoms with E-state index in [0.29, 0.717) is 12.0 Å². The van der Waals surface area contributed by atoms with Crippen molar-refractivity contribution in [3.8, 4) is 0 Å². The van der Waals surface area contributed by atoms with E-state index in [1.165, 1.54) is 37.9 Å². The van der Waals surface area contributed by atoms with Crippen LogP contribution < -0.4 is 0 Å². The highest BCUT2D eigenvalue weighted by molar-refractivity contribution is 5.13. The summed E-state index contributed by atoms with van der Waals surface area (Å²) in [5.74, 6) is 2.27. The fourth-order valence-corrected chi connectivity index (χ4v) is 3.82. The van der Waals surface area contributed by atoms with Crippen LogP contribution in [0.5, 0.6) is 0 Å². The molecule has 0 saturated carbocycles. The summed E-state index contributed by atoms with van der Waals surface area (Å²) < 4.78 is 6.11. The monoisotopic (exact) mass is 317 g/mol. The van der Waals surface area contributed by atoms with E-state index in [9.17, 15) is 0 Å². The van der Waals surface area contributed by atoms with E-state index >= 15 is 0 Å². The van der Waals surface area contributed by atoms with Gasteiger partial charge in [0.1, 0.15) is 0 Å². The van der Waals surface area contributed by atoms with Crippen LogP contribution in [0.3, 0.4) is 0 Å². The molecule has 0 aliphatic carbocycles. The lowest BCUT2D eigenvalue weighted by atomic mass is 9.76. The van der Waals surface area contributed by atoms with Crippen molar-refractivity contribution in [2.45, 2.75) is 59.6 Å². The van der Waals surface area contributed by atoms with E-state index in [4.69, 9.17) is 4.74 Å². The minimum Gasteiger partial charge on any atom is -0.375 e. The molecule has 4 atom stereocenters. The molecule has 1 saturated heterocycles. The molecule has 2 heteroatoms. The average molecular weight is 318 g/mol. The van der Waals surface area contributed by atoms with Crippen LogP contribution in [0, 0.1) is 17.8 Å². The van der Waals surface area contributed by atoms with Gasteiger partial charge in [-0.05, 0) is 36.3 Å². The topological polar surface area (TPSA) is 12.5 Å². The molecule has 1 aromatic carbocycles. The molecule has 1 aromatic rings. The predicted octanol–water partition coefficient (Wildman–Crippen LogP) is 4.99. The summed E-state index contributed by atoms with van der Waals surface area (Å²) in [5, 5.41) is 0. The predicted molar refractivity (Wildman–Crippen MR) is 98.5 cm³/mol. The fraction of sp³-hybridized carbons (Fsp3) is 0.714. The van der Waals surface area contributed by atoms with Gasteiger partial charge in [-0.1, -0.05) is 70.9 Å². The molecule has 2 nitrogen and oxygen atoms in total. The van der Waals surface area contributed by atoms with Crippen molar-refractivity contribution in [2.75, 3.05) is 19.7 Å². The van der Waals surface area contributed by atoms with Crippen LogP contribution in [-0.2, 0) is 11.3 Å². The smallest absolute Gasteiger partial charge is 0.0717 e. The van der Waals surface area contributed by atoms with E-state index in [1.807, 2.05) is 0 Å². The summed E-state index contributed by atoms with van der Waals surface area (Å²) in [4.78, 5) is 2.70. The Balaban J connectivity index is 1.90. The molecule has 1 heterocycles. The highest BCUT2D eigenvalue weighted by Gasteiger charge is 2.36. The van der Waals surface area contributed by atoms with Gasteiger partial charge in [-0.2, -0.15) is 0 Å². The molecule has 0 aromatic heterocycles. The van der Waals surface area contributed by atoms with Gasteiger partial charge in [0, 0.05) is 12.6 Å². The SMILES string of the molecule is CCCCCN1CC(C)C(C)C(C)C1COCc1ccccc1. The summed E-state index contributed by atoms with van der Waals surface area (Å²) in [6.45, 7) is 13.6. The van der Waals surface area contributed by atoms with Gasteiger partial charge in [0.15, 0.2) is 0 Å². The van der Waals surface area contributed by atoms with Gasteiger partial charge in [-0.15, -0.1) is 0 Å². The van der Waals surface area contributed by atoms with Crippen LogP contribution in [0.25, 0.3) is 0 Å². The lowest BCUT2D eigenvalue weighted by Gasteiger charge is -2.46. The first kappa shape index (κ1) is 18.5. The van der Waals surface area contributed by atoms with E-state index in [1.54, 1.807) is 0 Å². The third-order valence-corrected chi connectivity index (χ3v) is 5.77. The van der Waals surface area contributed by atoms with E-state index < -0.39 is 0 Å². The second-order valence-corrected chi connectivity index (χ2v) is 7.47. The third kappa shape index (κ3) is 5.32. The Labute approximate surface area is 143 Å². The lowest BCUT2D eigenvalue weighted by molar-refractivity contribution is -0.0311. The number of hydrogen-bond donors (Lipinski definition) is 0. The first-order valence-corrected chi connectivity index (χ1v) is 9.49. The number of benzene rings is 1.